The van der Waals surface area contributed by atoms with E-state index >= 15 is 0 Å². The number of nitro groups is 1. The Morgan fingerprint density at radius 2 is 2.24 bits per heavy atom. The minimum Gasteiger partial charge on any atom is -0.396 e. The minimum atomic E-state index is -0.459. The summed E-state index contributed by atoms with van der Waals surface area (Å²) in [5.41, 5.74) is 2.39. The number of aliphatic hydroxyl groups is 1. The molecule has 0 radical (unpaired) electrons. The van der Waals surface area contributed by atoms with Crippen LogP contribution in [0.1, 0.15) is 11.1 Å². The number of aromatic nitrogens is 1. The molecule has 1 atom stereocenters. The van der Waals surface area contributed by atoms with Gasteiger partial charge in [-0.1, -0.05) is 24.3 Å². The van der Waals surface area contributed by atoms with Crippen LogP contribution in [0.3, 0.4) is 0 Å². The van der Waals surface area contributed by atoms with Gasteiger partial charge in [0, 0.05) is 19.1 Å². The van der Waals surface area contributed by atoms with Crippen molar-refractivity contribution < 1.29 is 10.0 Å². The third-order valence-corrected chi connectivity index (χ3v) is 4.15. The molecule has 0 saturated heterocycles. The number of thiazole rings is 1. The Morgan fingerprint density at radius 3 is 2.86 bits per heavy atom. The summed E-state index contributed by atoms with van der Waals surface area (Å²) in [4.78, 5) is 14.1. The summed E-state index contributed by atoms with van der Waals surface area (Å²) in [5, 5.41) is 23.6. The molecule has 1 heterocycles. The van der Waals surface area contributed by atoms with Crippen LogP contribution in [0.4, 0.5) is 10.1 Å². The summed E-state index contributed by atoms with van der Waals surface area (Å²) in [5.74, 6) is 0.0362. The number of hydrogen-bond acceptors (Lipinski definition) is 6. The molecule has 2 N–H and O–H groups in total. The summed E-state index contributed by atoms with van der Waals surface area (Å²) in [7, 11) is 0. The highest BCUT2D eigenvalue weighted by molar-refractivity contribution is 7.18. The van der Waals surface area contributed by atoms with Crippen molar-refractivity contribution in [3.63, 3.8) is 0 Å². The fraction of sp³-hybridized carbons (Fsp3) is 0.357. The molecule has 0 amide bonds. The van der Waals surface area contributed by atoms with Crippen LogP contribution in [0, 0.1) is 23.0 Å². The average Bonchev–Trinajstić information content (AvgIpc) is 2.94. The number of hydrogen-bond donors (Lipinski definition) is 2. The molecule has 2 aromatic rings. The van der Waals surface area contributed by atoms with E-state index in [0.29, 0.717) is 11.7 Å². The van der Waals surface area contributed by atoms with E-state index in [1.165, 1.54) is 17.3 Å². The molecular formula is C14H17N3O3S. The number of benzene rings is 1. The second-order valence-electron chi connectivity index (χ2n) is 4.82. The predicted molar refractivity (Wildman–Crippen MR) is 82.7 cm³/mol. The lowest BCUT2D eigenvalue weighted by molar-refractivity contribution is -0.380. The standard InChI is InChI=1S/C14H17N3O3S/c1-10-4-2-3-5-12(10)6-11(9-18)7-15-14-16-8-13(21-14)17(19)20/h2-5,8,11,18H,6-7,9H2,1H3,(H,15,16). The highest BCUT2D eigenvalue weighted by Gasteiger charge is 2.14. The zero-order valence-corrected chi connectivity index (χ0v) is 12.5. The number of rotatable bonds is 7. The summed E-state index contributed by atoms with van der Waals surface area (Å²) in [6.45, 7) is 2.62. The Labute approximate surface area is 126 Å². The van der Waals surface area contributed by atoms with E-state index in [4.69, 9.17) is 0 Å². The van der Waals surface area contributed by atoms with Gasteiger partial charge in [-0.25, -0.2) is 4.98 Å². The van der Waals surface area contributed by atoms with Gasteiger partial charge in [-0.05, 0) is 35.8 Å². The van der Waals surface area contributed by atoms with E-state index < -0.39 is 4.92 Å². The largest absolute Gasteiger partial charge is 0.396 e. The zero-order chi connectivity index (χ0) is 15.2. The molecule has 112 valence electrons. The van der Waals surface area contributed by atoms with Gasteiger partial charge in [0.1, 0.15) is 6.20 Å². The Bertz CT molecular complexity index is 615. The van der Waals surface area contributed by atoms with Gasteiger partial charge in [0.05, 0.1) is 4.92 Å². The average molecular weight is 307 g/mol. The van der Waals surface area contributed by atoms with Crippen molar-refractivity contribution in [3.8, 4) is 0 Å². The molecule has 0 aliphatic carbocycles. The quantitative estimate of drug-likeness (QED) is 0.606. The third kappa shape index (κ3) is 4.24. The van der Waals surface area contributed by atoms with Crippen molar-refractivity contribution in [3.05, 3.63) is 51.7 Å². The fourth-order valence-corrected chi connectivity index (χ4v) is 2.65. The van der Waals surface area contributed by atoms with Crippen molar-refractivity contribution >= 4 is 21.5 Å². The fourth-order valence-electron chi connectivity index (χ4n) is 2.01. The van der Waals surface area contributed by atoms with Gasteiger partial charge in [0.25, 0.3) is 0 Å². The molecule has 0 fully saturated rings. The van der Waals surface area contributed by atoms with Gasteiger partial charge in [-0.2, -0.15) is 0 Å². The van der Waals surface area contributed by atoms with Gasteiger partial charge in [0.15, 0.2) is 5.13 Å². The van der Waals surface area contributed by atoms with Gasteiger partial charge in [-0.15, -0.1) is 0 Å². The van der Waals surface area contributed by atoms with Crippen molar-refractivity contribution in [1.82, 2.24) is 4.98 Å². The first kappa shape index (κ1) is 15.4. The van der Waals surface area contributed by atoms with E-state index in [1.807, 2.05) is 31.2 Å². The number of anilines is 1. The van der Waals surface area contributed by atoms with Crippen molar-refractivity contribution in [2.45, 2.75) is 13.3 Å². The summed E-state index contributed by atoms with van der Waals surface area (Å²) in [6.07, 6.45) is 1.99. The van der Waals surface area contributed by atoms with E-state index in [1.54, 1.807) is 0 Å². The zero-order valence-electron chi connectivity index (χ0n) is 11.7. The summed E-state index contributed by atoms with van der Waals surface area (Å²) < 4.78 is 0. The molecular weight excluding hydrogens is 290 g/mol. The minimum absolute atomic E-state index is 0.0111. The van der Waals surface area contributed by atoms with Crippen LogP contribution in [0.2, 0.25) is 0 Å². The molecule has 0 saturated carbocycles. The normalized spacial score (nSPS) is 12.1. The molecule has 0 spiro atoms. The summed E-state index contributed by atoms with van der Waals surface area (Å²) in [6, 6.07) is 8.06. The maximum Gasteiger partial charge on any atom is 0.345 e. The first-order valence-electron chi connectivity index (χ1n) is 6.59. The molecule has 1 unspecified atom stereocenters. The van der Waals surface area contributed by atoms with Gasteiger partial charge in [-0.3, -0.25) is 10.1 Å². The predicted octanol–water partition coefficient (Wildman–Crippen LogP) is 2.62. The molecule has 7 heteroatoms. The molecule has 6 nitrogen and oxygen atoms in total. The van der Waals surface area contributed by atoms with Crippen LogP contribution in [0.25, 0.3) is 0 Å². The van der Waals surface area contributed by atoms with E-state index in [9.17, 15) is 15.2 Å². The van der Waals surface area contributed by atoms with Gasteiger partial charge in [0.2, 0.25) is 0 Å². The lowest BCUT2D eigenvalue weighted by atomic mass is 9.97. The van der Waals surface area contributed by atoms with Gasteiger partial charge >= 0.3 is 5.00 Å². The molecule has 0 bridgehead atoms. The van der Waals surface area contributed by atoms with Crippen molar-refractivity contribution in [1.29, 1.82) is 0 Å². The SMILES string of the molecule is Cc1ccccc1CC(CO)CNc1ncc([N+](=O)[O-])s1. The first-order chi connectivity index (χ1) is 10.1. The molecule has 1 aromatic carbocycles. The Morgan fingerprint density at radius 1 is 1.48 bits per heavy atom. The first-order valence-corrected chi connectivity index (χ1v) is 7.41. The number of aryl methyl sites for hydroxylation is 1. The molecule has 0 aliphatic heterocycles. The third-order valence-electron chi connectivity index (χ3n) is 3.24. The van der Waals surface area contributed by atoms with Crippen LogP contribution in [0.15, 0.2) is 30.5 Å². The van der Waals surface area contributed by atoms with Crippen molar-refractivity contribution in [2.24, 2.45) is 5.92 Å². The molecule has 2 rings (SSSR count). The topological polar surface area (TPSA) is 88.3 Å². The van der Waals surface area contributed by atoms with Gasteiger partial charge < -0.3 is 10.4 Å². The van der Waals surface area contributed by atoms with Crippen molar-refractivity contribution in [2.75, 3.05) is 18.5 Å². The number of nitrogens with one attached hydrogen (secondary N) is 1. The molecule has 0 aliphatic rings. The second-order valence-corrected chi connectivity index (χ2v) is 5.83. The smallest absolute Gasteiger partial charge is 0.345 e. The van der Waals surface area contributed by atoms with E-state index in [0.717, 1.165) is 17.8 Å². The van der Waals surface area contributed by atoms with Crippen LogP contribution >= 0.6 is 11.3 Å². The van der Waals surface area contributed by atoms with E-state index in [-0.39, 0.29) is 17.5 Å². The Balaban J connectivity index is 1.93. The highest BCUT2D eigenvalue weighted by Crippen LogP contribution is 2.25. The number of aliphatic hydroxyl groups excluding tert-OH is 1. The molecule has 21 heavy (non-hydrogen) atoms. The van der Waals surface area contributed by atoms with Crippen LogP contribution in [-0.4, -0.2) is 28.2 Å². The van der Waals surface area contributed by atoms with Crippen LogP contribution < -0.4 is 5.32 Å². The second kappa shape index (κ2) is 7.14. The lowest BCUT2D eigenvalue weighted by Crippen LogP contribution is -2.20. The number of nitrogens with zero attached hydrogens (tertiary/aromatic N) is 2. The maximum absolute atomic E-state index is 10.6. The maximum atomic E-state index is 10.6. The summed E-state index contributed by atoms with van der Waals surface area (Å²) >= 11 is 1.000. The van der Waals surface area contributed by atoms with Crippen LogP contribution in [-0.2, 0) is 6.42 Å². The van der Waals surface area contributed by atoms with E-state index in [2.05, 4.69) is 10.3 Å². The highest BCUT2D eigenvalue weighted by atomic mass is 32.1. The Hall–Kier alpha value is -1.99. The van der Waals surface area contributed by atoms with Crippen LogP contribution in [0.5, 0.6) is 0 Å². The lowest BCUT2D eigenvalue weighted by Gasteiger charge is -2.16. The Kier molecular flexibility index (Phi) is 5.24. The monoisotopic (exact) mass is 307 g/mol. The molecule has 1 aromatic heterocycles.